The Hall–Kier alpha value is 0.540. The highest BCUT2D eigenvalue weighted by Gasteiger charge is 2.51. The summed E-state index contributed by atoms with van der Waals surface area (Å²) in [5, 5.41) is 0. The maximum atomic E-state index is 12.4. The first-order valence-electron chi connectivity index (χ1n) is 5.09. The zero-order chi connectivity index (χ0) is 15.1. The van der Waals surface area contributed by atoms with Gasteiger partial charge in [0.15, 0.2) is 0 Å². The lowest BCUT2D eigenvalue weighted by Gasteiger charge is -2.27. The predicted octanol–water partition coefficient (Wildman–Crippen LogP) is 3.30. The fourth-order valence-electron chi connectivity index (χ4n) is 1.05. The summed E-state index contributed by atoms with van der Waals surface area (Å²) in [5.41, 5.74) is 0. The van der Waals surface area contributed by atoms with E-state index in [-0.39, 0.29) is 4.38 Å². The highest BCUT2D eigenvalue weighted by atomic mass is 32.2. The molecule has 0 aromatic carbocycles. The molecule has 0 bridgehead atoms. The Labute approximate surface area is 122 Å². The van der Waals surface area contributed by atoms with Crippen molar-refractivity contribution in [1.82, 2.24) is 0 Å². The van der Waals surface area contributed by atoms with Crippen molar-refractivity contribution < 1.29 is 32.0 Å². The second kappa shape index (κ2) is 8.74. The van der Waals surface area contributed by atoms with E-state index in [4.69, 9.17) is 35.0 Å². The van der Waals surface area contributed by atoms with Gasteiger partial charge in [-0.15, -0.1) is 0 Å². The van der Waals surface area contributed by atoms with Crippen LogP contribution in [0.4, 0.5) is 0 Å². The summed E-state index contributed by atoms with van der Waals surface area (Å²) in [6.07, 6.45) is 0. The maximum absolute atomic E-state index is 12.4. The van der Waals surface area contributed by atoms with Crippen molar-refractivity contribution in [3.05, 3.63) is 0 Å². The molecule has 0 unspecified atom stereocenters. The van der Waals surface area contributed by atoms with Gasteiger partial charge in [-0.2, -0.15) is 0 Å². The van der Waals surface area contributed by atoms with Gasteiger partial charge in [-0.05, 0) is 30.9 Å². The quantitative estimate of drug-likeness (QED) is 0.483. The largest absolute Gasteiger partial charge is 0.479 e. The Kier molecular flexibility index (Phi) is 8.99. The number of hydrogen-bond donors (Lipinski definition) is 0. The summed E-state index contributed by atoms with van der Waals surface area (Å²) >= 11 is 5.70. The van der Waals surface area contributed by atoms with E-state index >= 15 is 0 Å². The average Bonchev–Trinajstić information content (AvgIpc) is 2.43. The van der Waals surface area contributed by atoms with Crippen molar-refractivity contribution in [2.75, 3.05) is 35.0 Å². The van der Waals surface area contributed by atoms with Crippen molar-refractivity contribution in [2.24, 2.45) is 0 Å². The molecule has 0 aromatic rings. The molecule has 0 heterocycles. The first-order valence-corrected chi connectivity index (χ1v) is 9.60. The van der Waals surface area contributed by atoms with E-state index in [2.05, 4.69) is 0 Å². The third-order valence-corrected chi connectivity index (χ3v) is 9.95. The van der Waals surface area contributed by atoms with Gasteiger partial charge in [-0.3, -0.25) is 9.13 Å². The molecule has 0 atom stereocenters. The maximum Gasteiger partial charge on any atom is 0.355 e. The van der Waals surface area contributed by atoms with Crippen LogP contribution in [0, 0.1) is 0 Å². The molecule has 0 fully saturated rings. The lowest BCUT2D eigenvalue weighted by molar-refractivity contribution is 0.257. The Balaban J connectivity index is 5.44. The van der Waals surface area contributed by atoms with Gasteiger partial charge in [-0.1, -0.05) is 0 Å². The third-order valence-electron chi connectivity index (χ3n) is 2.02. The van der Waals surface area contributed by atoms with E-state index in [9.17, 15) is 9.13 Å². The van der Waals surface area contributed by atoms with Crippen LogP contribution >= 0.6 is 39.2 Å². The fraction of sp³-hybridized carbons (Fsp3) is 0.875. The molecule has 0 spiro atoms. The highest BCUT2D eigenvalue weighted by molar-refractivity contribution is 8.29. The average molecular weight is 352 g/mol. The smallest absolute Gasteiger partial charge is 0.355 e. The lowest BCUT2D eigenvalue weighted by Crippen LogP contribution is -2.14. The van der Waals surface area contributed by atoms with E-state index in [1.165, 1.54) is 28.4 Å². The SMILES string of the molecule is CCOC(=S)SC(P(=O)(OC)OC)P(=O)(OC)OC. The van der Waals surface area contributed by atoms with E-state index in [0.717, 1.165) is 11.8 Å². The van der Waals surface area contributed by atoms with Crippen LogP contribution in [0.1, 0.15) is 6.92 Å². The topological polar surface area (TPSA) is 80.3 Å². The summed E-state index contributed by atoms with van der Waals surface area (Å²) in [5.74, 6) is 0. The van der Waals surface area contributed by atoms with Crippen LogP contribution in [0.3, 0.4) is 0 Å². The van der Waals surface area contributed by atoms with Gasteiger partial charge >= 0.3 is 15.2 Å². The first-order chi connectivity index (χ1) is 8.83. The molecule has 0 saturated carbocycles. The van der Waals surface area contributed by atoms with Crippen molar-refractivity contribution >= 4 is 43.6 Å². The molecule has 0 aliphatic heterocycles. The molecule has 19 heavy (non-hydrogen) atoms. The van der Waals surface area contributed by atoms with Gasteiger partial charge in [-0.25, -0.2) is 0 Å². The summed E-state index contributed by atoms with van der Waals surface area (Å²) in [6, 6.07) is 0. The fourth-order valence-corrected chi connectivity index (χ4v) is 8.42. The van der Waals surface area contributed by atoms with Crippen LogP contribution in [0.5, 0.6) is 0 Å². The van der Waals surface area contributed by atoms with E-state index in [1.807, 2.05) is 0 Å². The van der Waals surface area contributed by atoms with Crippen LogP contribution in [-0.4, -0.2) is 44.2 Å². The Morgan fingerprint density at radius 2 is 1.42 bits per heavy atom. The monoisotopic (exact) mass is 352 g/mol. The molecule has 7 nitrogen and oxygen atoms in total. The van der Waals surface area contributed by atoms with Gasteiger partial charge in [0, 0.05) is 28.4 Å². The minimum Gasteiger partial charge on any atom is -0.479 e. The van der Waals surface area contributed by atoms with E-state index < -0.39 is 19.9 Å². The Bertz CT molecular complexity index is 347. The Morgan fingerprint density at radius 3 is 1.68 bits per heavy atom. The molecule has 0 aliphatic rings. The number of ether oxygens (including phenoxy) is 1. The molecule has 0 rings (SSSR count). The van der Waals surface area contributed by atoms with Gasteiger partial charge in [0.1, 0.15) is 0 Å². The number of thiocarbonyl (C=S) groups is 1. The normalized spacial score (nSPS) is 12.7. The highest BCUT2D eigenvalue weighted by Crippen LogP contribution is 2.73. The number of rotatable bonds is 8. The molecule has 0 N–H and O–H groups in total. The molecule has 0 amide bonds. The molecular weight excluding hydrogens is 334 g/mol. The minimum absolute atomic E-state index is 0.0520. The van der Waals surface area contributed by atoms with Crippen LogP contribution in [0.25, 0.3) is 0 Å². The van der Waals surface area contributed by atoms with Gasteiger partial charge in [0.25, 0.3) is 0 Å². The molecular formula is C8H18O7P2S2. The molecule has 0 aliphatic carbocycles. The van der Waals surface area contributed by atoms with E-state index in [0.29, 0.717) is 6.61 Å². The first kappa shape index (κ1) is 19.5. The van der Waals surface area contributed by atoms with Crippen LogP contribution in [0.2, 0.25) is 0 Å². The van der Waals surface area contributed by atoms with Gasteiger partial charge in [0.05, 0.1) is 6.61 Å². The van der Waals surface area contributed by atoms with Gasteiger partial charge in [0.2, 0.25) is 9.11 Å². The third kappa shape index (κ3) is 5.10. The number of thioether (sulfide) groups is 1. The minimum atomic E-state index is -3.74. The van der Waals surface area contributed by atoms with Gasteiger partial charge < -0.3 is 22.8 Å². The summed E-state index contributed by atoms with van der Waals surface area (Å²) in [4.78, 5) is 0. The summed E-state index contributed by atoms with van der Waals surface area (Å²) in [6.45, 7) is 2.06. The number of hydrogen-bond acceptors (Lipinski definition) is 9. The molecule has 114 valence electrons. The lowest BCUT2D eigenvalue weighted by atomic mass is 10.9. The van der Waals surface area contributed by atoms with E-state index in [1.54, 1.807) is 6.92 Å². The van der Waals surface area contributed by atoms with Crippen LogP contribution < -0.4 is 0 Å². The molecule has 0 aromatic heterocycles. The standard InChI is InChI=1S/C8H18O7P2S2/c1-6-15-7(18)19-8(16(9,11-2)12-3)17(10,13-4)14-5/h8H,6H2,1-5H3. The van der Waals surface area contributed by atoms with Crippen molar-refractivity contribution in [2.45, 2.75) is 11.7 Å². The summed E-state index contributed by atoms with van der Waals surface area (Å²) < 4.78 is 48.1. The predicted molar refractivity (Wildman–Crippen MR) is 78.9 cm³/mol. The summed E-state index contributed by atoms with van der Waals surface area (Å²) in [7, 11) is -2.77. The zero-order valence-electron chi connectivity index (χ0n) is 11.4. The molecule has 11 heteroatoms. The van der Waals surface area contributed by atoms with Crippen LogP contribution in [-0.2, 0) is 32.0 Å². The van der Waals surface area contributed by atoms with Crippen molar-refractivity contribution in [3.63, 3.8) is 0 Å². The Morgan fingerprint density at radius 1 is 1.05 bits per heavy atom. The second-order valence-electron chi connectivity index (χ2n) is 2.94. The zero-order valence-corrected chi connectivity index (χ0v) is 14.8. The molecule has 0 saturated heterocycles. The second-order valence-corrected chi connectivity index (χ2v) is 10.4. The molecule has 0 radical (unpaired) electrons. The van der Waals surface area contributed by atoms with Crippen molar-refractivity contribution in [3.8, 4) is 0 Å². The van der Waals surface area contributed by atoms with Crippen LogP contribution in [0.15, 0.2) is 0 Å². The van der Waals surface area contributed by atoms with Crippen molar-refractivity contribution in [1.29, 1.82) is 0 Å².